The van der Waals surface area contributed by atoms with Gasteiger partial charge in [0, 0.05) is 42.4 Å². The molecule has 0 saturated carbocycles. The van der Waals surface area contributed by atoms with Gasteiger partial charge in [0.2, 0.25) is 0 Å². The van der Waals surface area contributed by atoms with Crippen LogP contribution in [0.4, 0.5) is 13.2 Å². The smallest absolute Gasteiger partial charge is 0.490 e. The topological polar surface area (TPSA) is 92.6 Å². The molecule has 2 aromatic carbocycles. The zero-order valence-corrected chi connectivity index (χ0v) is 19.7. The van der Waals surface area contributed by atoms with Gasteiger partial charge in [-0.05, 0) is 29.3 Å². The summed E-state index contributed by atoms with van der Waals surface area (Å²) in [7, 11) is 1.62. The van der Waals surface area contributed by atoms with E-state index >= 15 is 0 Å². The molecular weight excluding hydrogens is 487 g/mol. The molecule has 1 N–H and O–H groups in total. The van der Waals surface area contributed by atoms with Crippen molar-refractivity contribution in [3.05, 3.63) is 89.9 Å². The van der Waals surface area contributed by atoms with Crippen LogP contribution in [0.1, 0.15) is 21.6 Å². The van der Waals surface area contributed by atoms with Gasteiger partial charge in [0.25, 0.3) is 5.91 Å². The summed E-state index contributed by atoms with van der Waals surface area (Å²) >= 11 is 0. The highest BCUT2D eigenvalue weighted by Crippen LogP contribution is 2.36. The molecule has 10 heteroatoms. The van der Waals surface area contributed by atoms with Gasteiger partial charge in [0.15, 0.2) is 0 Å². The van der Waals surface area contributed by atoms with E-state index in [4.69, 9.17) is 19.6 Å². The van der Waals surface area contributed by atoms with Crippen molar-refractivity contribution in [2.75, 3.05) is 13.7 Å². The number of nitrogens with zero attached hydrogens (tertiary/aromatic N) is 3. The minimum Gasteiger partial charge on any atom is -0.494 e. The van der Waals surface area contributed by atoms with Crippen LogP contribution in [0.25, 0.3) is 22.0 Å². The fourth-order valence-corrected chi connectivity index (χ4v) is 4.09. The van der Waals surface area contributed by atoms with Gasteiger partial charge in [0.05, 0.1) is 24.4 Å². The van der Waals surface area contributed by atoms with Gasteiger partial charge in [-0.15, -0.1) is 0 Å². The first-order valence-electron chi connectivity index (χ1n) is 11.2. The van der Waals surface area contributed by atoms with Crippen molar-refractivity contribution in [3.8, 4) is 16.9 Å². The first-order chi connectivity index (χ1) is 17.7. The third-order valence-electron chi connectivity index (χ3n) is 5.84. The first-order valence-corrected chi connectivity index (χ1v) is 11.2. The Kier molecular flexibility index (Phi) is 7.37. The van der Waals surface area contributed by atoms with Gasteiger partial charge in [-0.25, -0.2) is 4.79 Å². The SMILES string of the molecule is COc1cnccc1-c1cccc2c1C(=O)N(CCc1ccc3ccccc3n1)C2.O=C(O)C(F)(F)F. The molecule has 0 radical (unpaired) electrons. The minimum atomic E-state index is -5.08. The molecule has 1 aliphatic heterocycles. The Morgan fingerprint density at radius 2 is 1.81 bits per heavy atom. The lowest BCUT2D eigenvalue weighted by atomic mass is 9.97. The van der Waals surface area contributed by atoms with Crippen molar-refractivity contribution in [1.82, 2.24) is 14.9 Å². The Labute approximate surface area is 210 Å². The lowest BCUT2D eigenvalue weighted by molar-refractivity contribution is -0.192. The highest BCUT2D eigenvalue weighted by molar-refractivity contribution is 6.05. The zero-order chi connectivity index (χ0) is 26.6. The number of methoxy groups -OCH3 is 1. The molecule has 1 aliphatic rings. The summed E-state index contributed by atoms with van der Waals surface area (Å²) in [5.41, 5.74) is 5.56. The Balaban J connectivity index is 0.000000405. The Morgan fingerprint density at radius 1 is 1.05 bits per heavy atom. The molecule has 7 nitrogen and oxygen atoms in total. The minimum absolute atomic E-state index is 0.0558. The molecule has 190 valence electrons. The summed E-state index contributed by atoms with van der Waals surface area (Å²) in [5.74, 6) is -2.04. The molecule has 0 fully saturated rings. The number of carbonyl (C=O) groups is 2. The van der Waals surface area contributed by atoms with Gasteiger partial charge in [-0.3, -0.25) is 14.8 Å². The van der Waals surface area contributed by atoms with Crippen LogP contribution >= 0.6 is 0 Å². The van der Waals surface area contributed by atoms with E-state index in [-0.39, 0.29) is 5.91 Å². The van der Waals surface area contributed by atoms with Crippen LogP contribution in [-0.4, -0.2) is 51.7 Å². The number of aliphatic carboxylic acids is 1. The van der Waals surface area contributed by atoms with Crippen molar-refractivity contribution in [3.63, 3.8) is 0 Å². The molecule has 1 amide bonds. The number of alkyl halides is 3. The van der Waals surface area contributed by atoms with Crippen molar-refractivity contribution in [1.29, 1.82) is 0 Å². The number of carbonyl (C=O) groups excluding carboxylic acids is 1. The average molecular weight is 509 g/mol. The number of hydrogen-bond donors (Lipinski definition) is 1. The van der Waals surface area contributed by atoms with Crippen LogP contribution in [0, 0.1) is 0 Å². The number of carboxylic acids is 1. The number of fused-ring (bicyclic) bond motifs is 2. The maximum absolute atomic E-state index is 13.3. The molecule has 0 unspecified atom stereocenters. The van der Waals surface area contributed by atoms with Crippen molar-refractivity contribution in [2.24, 2.45) is 0 Å². The monoisotopic (exact) mass is 509 g/mol. The van der Waals surface area contributed by atoms with E-state index in [1.165, 1.54) is 0 Å². The lowest BCUT2D eigenvalue weighted by Gasteiger charge is -2.16. The van der Waals surface area contributed by atoms with Crippen LogP contribution in [0.5, 0.6) is 5.75 Å². The number of amides is 1. The second kappa shape index (κ2) is 10.7. The van der Waals surface area contributed by atoms with Crippen LogP contribution in [0.2, 0.25) is 0 Å². The zero-order valence-electron chi connectivity index (χ0n) is 19.7. The number of ether oxygens (including phenoxy) is 1. The van der Waals surface area contributed by atoms with Gasteiger partial charge in [-0.2, -0.15) is 13.2 Å². The second-order valence-electron chi connectivity index (χ2n) is 8.19. The molecule has 4 aromatic rings. The fraction of sp³-hybridized carbons (Fsp3) is 0.185. The molecular formula is C27H22F3N3O4. The van der Waals surface area contributed by atoms with Gasteiger partial charge < -0.3 is 14.7 Å². The summed E-state index contributed by atoms with van der Waals surface area (Å²) in [6, 6.07) is 20.1. The van der Waals surface area contributed by atoms with E-state index in [1.54, 1.807) is 19.5 Å². The third-order valence-corrected chi connectivity index (χ3v) is 5.84. The van der Waals surface area contributed by atoms with Crippen LogP contribution < -0.4 is 4.74 Å². The third kappa shape index (κ3) is 5.69. The molecule has 0 spiro atoms. The highest BCUT2D eigenvalue weighted by atomic mass is 19.4. The molecule has 3 heterocycles. The van der Waals surface area contributed by atoms with E-state index in [1.807, 2.05) is 53.4 Å². The number of aromatic nitrogens is 2. The number of pyridine rings is 2. The van der Waals surface area contributed by atoms with E-state index in [0.29, 0.717) is 18.8 Å². The Hall–Kier alpha value is -4.47. The largest absolute Gasteiger partial charge is 0.494 e. The number of carboxylic acid groups (broad SMARTS) is 1. The van der Waals surface area contributed by atoms with E-state index in [2.05, 4.69) is 17.1 Å². The summed E-state index contributed by atoms with van der Waals surface area (Å²) in [6.45, 7) is 1.24. The summed E-state index contributed by atoms with van der Waals surface area (Å²) in [5, 5.41) is 8.25. The van der Waals surface area contributed by atoms with Crippen molar-refractivity contribution in [2.45, 2.75) is 19.1 Å². The number of halogens is 3. The molecule has 0 saturated heterocycles. The number of hydrogen-bond acceptors (Lipinski definition) is 5. The van der Waals surface area contributed by atoms with Crippen molar-refractivity contribution < 1.29 is 32.6 Å². The van der Waals surface area contributed by atoms with Crippen LogP contribution in [-0.2, 0) is 17.8 Å². The van der Waals surface area contributed by atoms with E-state index in [0.717, 1.165) is 45.3 Å². The van der Waals surface area contributed by atoms with E-state index < -0.39 is 12.1 Å². The summed E-state index contributed by atoms with van der Waals surface area (Å²) in [4.78, 5) is 32.9. The summed E-state index contributed by atoms with van der Waals surface area (Å²) in [6.07, 6.45) is -0.963. The quantitative estimate of drug-likeness (QED) is 0.401. The van der Waals surface area contributed by atoms with Crippen LogP contribution in [0.15, 0.2) is 73.1 Å². The predicted molar refractivity (Wildman–Crippen MR) is 130 cm³/mol. The standard InChI is InChI=1S/C25H21N3O2.C2HF3O2/c1-30-23-15-26-13-11-20(23)21-7-4-6-18-16-28(25(29)24(18)21)14-12-19-10-9-17-5-2-3-8-22(17)27-19;3-2(4,5)1(6)7/h2-11,13,15H,12,14,16H2,1H3;(H,6,7). The lowest BCUT2D eigenvalue weighted by Crippen LogP contribution is -2.26. The Bertz CT molecular complexity index is 1460. The van der Waals surface area contributed by atoms with Gasteiger partial charge in [-0.1, -0.05) is 42.5 Å². The van der Waals surface area contributed by atoms with Crippen LogP contribution in [0.3, 0.4) is 0 Å². The summed E-state index contributed by atoms with van der Waals surface area (Å²) < 4.78 is 37.2. The molecule has 2 aromatic heterocycles. The number of rotatable bonds is 5. The average Bonchev–Trinajstić information content (AvgIpc) is 3.22. The Morgan fingerprint density at radius 3 is 2.54 bits per heavy atom. The number of benzene rings is 2. The molecule has 0 bridgehead atoms. The second-order valence-corrected chi connectivity index (χ2v) is 8.19. The highest BCUT2D eigenvalue weighted by Gasteiger charge is 2.38. The normalized spacial score (nSPS) is 12.6. The molecule has 0 aliphatic carbocycles. The van der Waals surface area contributed by atoms with E-state index in [9.17, 15) is 18.0 Å². The predicted octanol–water partition coefficient (Wildman–Crippen LogP) is 5.14. The maximum atomic E-state index is 13.3. The van der Waals surface area contributed by atoms with Gasteiger partial charge >= 0.3 is 12.1 Å². The van der Waals surface area contributed by atoms with Gasteiger partial charge in [0.1, 0.15) is 5.75 Å². The maximum Gasteiger partial charge on any atom is 0.490 e. The molecule has 0 atom stereocenters. The fourth-order valence-electron chi connectivity index (χ4n) is 4.09. The number of para-hydroxylation sites is 1. The molecule has 37 heavy (non-hydrogen) atoms. The molecule has 5 rings (SSSR count). The van der Waals surface area contributed by atoms with Crippen molar-refractivity contribution >= 4 is 22.8 Å². The first kappa shape index (κ1) is 25.6.